The van der Waals surface area contributed by atoms with Gasteiger partial charge in [0, 0.05) is 26.1 Å². The number of nitrogens with zero attached hydrogens (tertiary/aromatic N) is 2. The van der Waals surface area contributed by atoms with Gasteiger partial charge in [0.15, 0.2) is 0 Å². The average Bonchev–Trinajstić information content (AvgIpc) is 3.13. The van der Waals surface area contributed by atoms with Crippen molar-refractivity contribution in [3.05, 3.63) is 29.8 Å². The van der Waals surface area contributed by atoms with Crippen LogP contribution in [-0.2, 0) is 25.5 Å². The molecular weight excluding hydrogens is 372 g/mol. The fourth-order valence-corrected chi connectivity index (χ4v) is 4.32. The van der Waals surface area contributed by atoms with Gasteiger partial charge in [-0.2, -0.15) is 0 Å². The van der Waals surface area contributed by atoms with Crippen molar-refractivity contribution in [1.29, 1.82) is 0 Å². The Bertz CT molecular complexity index is 765. The highest BCUT2D eigenvalue weighted by Gasteiger charge is 2.45. The minimum Gasteiger partial charge on any atom is -0.497 e. The van der Waals surface area contributed by atoms with Crippen LogP contribution in [-0.4, -0.2) is 67.5 Å². The Labute approximate surface area is 171 Å². The second-order valence-corrected chi connectivity index (χ2v) is 7.87. The minimum atomic E-state index is -0.786. The van der Waals surface area contributed by atoms with Crippen LogP contribution in [0.5, 0.6) is 5.75 Å². The molecule has 7 nitrogen and oxygen atoms in total. The van der Waals surface area contributed by atoms with Gasteiger partial charge in [-0.05, 0) is 50.3 Å². The van der Waals surface area contributed by atoms with Crippen molar-refractivity contribution in [2.45, 2.75) is 39.0 Å². The number of piperidine rings is 1. The van der Waals surface area contributed by atoms with Crippen LogP contribution in [0, 0.1) is 5.41 Å². The van der Waals surface area contributed by atoms with Crippen molar-refractivity contribution < 1.29 is 23.9 Å². The first-order chi connectivity index (χ1) is 14.0. The van der Waals surface area contributed by atoms with Crippen molar-refractivity contribution in [1.82, 2.24) is 9.80 Å². The van der Waals surface area contributed by atoms with Gasteiger partial charge in [-0.15, -0.1) is 0 Å². The molecule has 29 heavy (non-hydrogen) atoms. The molecule has 0 N–H and O–H groups in total. The van der Waals surface area contributed by atoms with Crippen LogP contribution in [0.4, 0.5) is 0 Å². The Morgan fingerprint density at radius 2 is 2.03 bits per heavy atom. The summed E-state index contributed by atoms with van der Waals surface area (Å²) < 4.78 is 10.7. The summed E-state index contributed by atoms with van der Waals surface area (Å²) in [5, 5.41) is 0. The number of esters is 1. The van der Waals surface area contributed by atoms with Crippen molar-refractivity contribution in [3.63, 3.8) is 0 Å². The van der Waals surface area contributed by atoms with Crippen LogP contribution in [0.3, 0.4) is 0 Å². The number of ether oxygens (including phenoxy) is 2. The van der Waals surface area contributed by atoms with E-state index in [9.17, 15) is 14.4 Å². The van der Waals surface area contributed by atoms with Gasteiger partial charge < -0.3 is 19.3 Å². The van der Waals surface area contributed by atoms with E-state index in [0.717, 1.165) is 24.2 Å². The Kier molecular flexibility index (Phi) is 6.77. The highest BCUT2D eigenvalue weighted by atomic mass is 16.5. The number of hydrogen-bond acceptors (Lipinski definition) is 5. The molecule has 2 saturated heterocycles. The largest absolute Gasteiger partial charge is 0.497 e. The van der Waals surface area contributed by atoms with Crippen LogP contribution in [0.25, 0.3) is 0 Å². The van der Waals surface area contributed by atoms with E-state index >= 15 is 0 Å². The SMILES string of the molecule is CCOC(=O)C1(Cc2cccc(OC)c2)CCCN(C(=O)CN2CCCC2=O)C1. The third-order valence-corrected chi connectivity index (χ3v) is 5.81. The lowest BCUT2D eigenvalue weighted by Gasteiger charge is -2.41. The fraction of sp³-hybridized carbons (Fsp3) is 0.591. The lowest BCUT2D eigenvalue weighted by atomic mass is 9.75. The van der Waals surface area contributed by atoms with Gasteiger partial charge in [0.2, 0.25) is 11.8 Å². The zero-order chi connectivity index (χ0) is 20.9. The predicted molar refractivity (Wildman–Crippen MR) is 107 cm³/mol. The number of rotatable bonds is 7. The Morgan fingerprint density at radius 3 is 2.72 bits per heavy atom. The molecule has 2 aliphatic rings. The van der Waals surface area contributed by atoms with Crippen molar-refractivity contribution in [2.24, 2.45) is 5.41 Å². The highest BCUT2D eigenvalue weighted by Crippen LogP contribution is 2.36. The van der Waals surface area contributed by atoms with E-state index < -0.39 is 5.41 Å². The van der Waals surface area contributed by atoms with Crippen LogP contribution < -0.4 is 4.74 Å². The summed E-state index contributed by atoms with van der Waals surface area (Å²) in [6.07, 6.45) is 3.18. The number of likely N-dealkylation sites (tertiary alicyclic amines) is 2. The van der Waals surface area contributed by atoms with Gasteiger partial charge >= 0.3 is 5.97 Å². The van der Waals surface area contributed by atoms with Crippen molar-refractivity contribution in [3.8, 4) is 5.75 Å². The molecule has 2 heterocycles. The Hall–Kier alpha value is -2.57. The van der Waals surface area contributed by atoms with Crippen molar-refractivity contribution in [2.75, 3.05) is 39.9 Å². The summed E-state index contributed by atoms with van der Waals surface area (Å²) >= 11 is 0. The molecule has 0 aromatic heterocycles. The maximum Gasteiger partial charge on any atom is 0.314 e. The van der Waals surface area contributed by atoms with Gasteiger partial charge in [-0.1, -0.05) is 12.1 Å². The molecule has 2 aliphatic heterocycles. The molecule has 158 valence electrons. The topological polar surface area (TPSA) is 76.2 Å². The second-order valence-electron chi connectivity index (χ2n) is 7.87. The van der Waals surface area contributed by atoms with Gasteiger partial charge in [0.1, 0.15) is 5.75 Å². The van der Waals surface area contributed by atoms with Gasteiger partial charge in [0.05, 0.1) is 25.7 Å². The first-order valence-corrected chi connectivity index (χ1v) is 10.3. The third kappa shape index (κ3) is 4.89. The lowest BCUT2D eigenvalue weighted by Crippen LogP contribution is -2.53. The summed E-state index contributed by atoms with van der Waals surface area (Å²) in [5.74, 6) is 0.401. The fourth-order valence-electron chi connectivity index (χ4n) is 4.32. The first-order valence-electron chi connectivity index (χ1n) is 10.3. The van der Waals surface area contributed by atoms with E-state index in [-0.39, 0.29) is 24.3 Å². The molecular formula is C22H30N2O5. The summed E-state index contributed by atoms with van der Waals surface area (Å²) in [6, 6.07) is 7.65. The number of amides is 2. The Morgan fingerprint density at radius 1 is 1.21 bits per heavy atom. The van der Waals surface area contributed by atoms with E-state index in [1.165, 1.54) is 0 Å². The maximum absolute atomic E-state index is 13.0. The van der Waals surface area contributed by atoms with E-state index in [4.69, 9.17) is 9.47 Å². The number of benzene rings is 1. The molecule has 2 amide bonds. The number of carbonyl (C=O) groups excluding carboxylic acids is 3. The highest BCUT2D eigenvalue weighted by molar-refractivity contribution is 5.86. The lowest BCUT2D eigenvalue weighted by molar-refractivity contribution is -0.161. The summed E-state index contributed by atoms with van der Waals surface area (Å²) in [5.41, 5.74) is 0.187. The second kappa shape index (κ2) is 9.29. The zero-order valence-corrected chi connectivity index (χ0v) is 17.3. The number of carbonyl (C=O) groups is 3. The molecule has 7 heteroatoms. The molecule has 3 rings (SSSR count). The van der Waals surface area contributed by atoms with E-state index in [1.807, 2.05) is 24.3 Å². The monoisotopic (exact) mass is 402 g/mol. The van der Waals surface area contributed by atoms with Gasteiger partial charge in [-0.25, -0.2) is 0 Å². The van der Waals surface area contributed by atoms with E-state index in [0.29, 0.717) is 45.5 Å². The summed E-state index contributed by atoms with van der Waals surface area (Å²) in [7, 11) is 1.61. The van der Waals surface area contributed by atoms with Crippen molar-refractivity contribution >= 4 is 17.8 Å². The molecule has 0 radical (unpaired) electrons. The molecule has 0 spiro atoms. The number of hydrogen-bond donors (Lipinski definition) is 0. The molecule has 0 saturated carbocycles. The predicted octanol–water partition coefficient (Wildman–Crippen LogP) is 2.03. The molecule has 0 bridgehead atoms. The van der Waals surface area contributed by atoms with Crippen LogP contribution in [0.2, 0.25) is 0 Å². The van der Waals surface area contributed by atoms with Crippen LogP contribution >= 0.6 is 0 Å². The maximum atomic E-state index is 13.0. The molecule has 1 atom stereocenters. The molecule has 0 aliphatic carbocycles. The van der Waals surface area contributed by atoms with Gasteiger partial charge in [0.25, 0.3) is 0 Å². The zero-order valence-electron chi connectivity index (χ0n) is 17.3. The van der Waals surface area contributed by atoms with Crippen LogP contribution in [0.15, 0.2) is 24.3 Å². The molecule has 1 aromatic carbocycles. The third-order valence-electron chi connectivity index (χ3n) is 5.81. The minimum absolute atomic E-state index is 0.0309. The summed E-state index contributed by atoms with van der Waals surface area (Å²) in [4.78, 5) is 41.1. The first kappa shape index (κ1) is 21.1. The molecule has 1 aromatic rings. The Balaban J connectivity index is 1.78. The quantitative estimate of drug-likeness (QED) is 0.653. The smallest absolute Gasteiger partial charge is 0.314 e. The van der Waals surface area contributed by atoms with E-state index in [1.54, 1.807) is 23.8 Å². The van der Waals surface area contributed by atoms with Crippen LogP contribution in [0.1, 0.15) is 38.2 Å². The normalized spacial score (nSPS) is 21.9. The van der Waals surface area contributed by atoms with E-state index in [2.05, 4.69) is 0 Å². The number of methoxy groups -OCH3 is 1. The molecule has 1 unspecified atom stereocenters. The average molecular weight is 402 g/mol. The molecule has 2 fully saturated rings. The summed E-state index contributed by atoms with van der Waals surface area (Å²) in [6.45, 7) is 3.73. The van der Waals surface area contributed by atoms with Gasteiger partial charge in [-0.3, -0.25) is 14.4 Å². The standard InChI is InChI=1S/C22H30N2O5/c1-3-29-21(27)22(14-17-7-4-8-18(13-17)28-2)10-6-12-24(16-22)20(26)15-23-11-5-9-19(23)25/h4,7-8,13H,3,5-6,9-12,14-16H2,1-2H3.